The summed E-state index contributed by atoms with van der Waals surface area (Å²) in [5, 5.41) is 1.21. The van der Waals surface area contributed by atoms with Gasteiger partial charge in [0.15, 0.2) is 0 Å². The summed E-state index contributed by atoms with van der Waals surface area (Å²) in [7, 11) is 0. The van der Waals surface area contributed by atoms with Crippen molar-refractivity contribution in [1.82, 2.24) is 0 Å². The Labute approximate surface area is 120 Å². The molecule has 1 saturated carbocycles. The van der Waals surface area contributed by atoms with Crippen LogP contribution in [0.1, 0.15) is 51.0 Å². The first-order valence-corrected chi connectivity index (χ1v) is 7.55. The predicted octanol–water partition coefficient (Wildman–Crippen LogP) is 5.14. The SMILES string of the molecule is CCC1CCCC(N)(c2ccc(Cl)c(Cl)c2)CC1. The van der Waals surface area contributed by atoms with Crippen LogP contribution in [-0.4, -0.2) is 0 Å². The molecule has 1 aromatic carbocycles. The number of hydrogen-bond acceptors (Lipinski definition) is 1. The van der Waals surface area contributed by atoms with Crippen molar-refractivity contribution in [2.45, 2.75) is 51.0 Å². The third-order valence-corrected chi connectivity index (χ3v) is 5.04. The molecule has 1 aromatic rings. The molecule has 0 radical (unpaired) electrons. The molecule has 2 atom stereocenters. The Hall–Kier alpha value is -0.240. The molecule has 2 N–H and O–H groups in total. The molecule has 0 heterocycles. The second-order valence-corrected chi connectivity index (χ2v) is 6.30. The monoisotopic (exact) mass is 285 g/mol. The van der Waals surface area contributed by atoms with Gasteiger partial charge in [0, 0.05) is 5.54 Å². The Balaban J connectivity index is 2.21. The summed E-state index contributed by atoms with van der Waals surface area (Å²) in [5.74, 6) is 0.832. The van der Waals surface area contributed by atoms with E-state index >= 15 is 0 Å². The summed E-state index contributed by atoms with van der Waals surface area (Å²) in [6.45, 7) is 2.27. The molecule has 1 nitrogen and oxygen atoms in total. The molecule has 3 heteroatoms. The van der Waals surface area contributed by atoms with Gasteiger partial charge in [0.05, 0.1) is 10.0 Å². The lowest BCUT2D eigenvalue weighted by molar-refractivity contribution is 0.371. The van der Waals surface area contributed by atoms with Gasteiger partial charge < -0.3 is 5.73 Å². The second-order valence-electron chi connectivity index (χ2n) is 5.49. The van der Waals surface area contributed by atoms with Crippen molar-refractivity contribution in [3.63, 3.8) is 0 Å². The zero-order valence-corrected chi connectivity index (χ0v) is 12.4. The standard InChI is InChI=1S/C15H21Cl2N/c1-2-11-4-3-8-15(18,9-7-11)12-5-6-13(16)14(17)10-12/h5-6,10-11H,2-4,7-9,18H2,1H3. The third kappa shape index (κ3) is 3.01. The van der Waals surface area contributed by atoms with E-state index in [0.717, 1.165) is 24.3 Å². The minimum Gasteiger partial charge on any atom is -0.321 e. The molecule has 0 aliphatic heterocycles. The highest BCUT2D eigenvalue weighted by atomic mass is 35.5. The van der Waals surface area contributed by atoms with E-state index < -0.39 is 0 Å². The lowest BCUT2D eigenvalue weighted by Gasteiger charge is -2.29. The van der Waals surface area contributed by atoms with E-state index in [0.29, 0.717) is 10.0 Å². The lowest BCUT2D eigenvalue weighted by Crippen LogP contribution is -2.36. The van der Waals surface area contributed by atoms with Gasteiger partial charge in [-0.25, -0.2) is 0 Å². The molecule has 1 aliphatic carbocycles. The topological polar surface area (TPSA) is 26.0 Å². The Morgan fingerprint density at radius 2 is 2.00 bits per heavy atom. The van der Waals surface area contributed by atoms with Gasteiger partial charge in [0.2, 0.25) is 0 Å². The van der Waals surface area contributed by atoms with Crippen molar-refractivity contribution in [1.29, 1.82) is 0 Å². The summed E-state index contributed by atoms with van der Waals surface area (Å²) in [6.07, 6.45) is 7.07. The molecule has 0 saturated heterocycles. The van der Waals surface area contributed by atoms with E-state index in [9.17, 15) is 0 Å². The Kier molecular flexibility index (Phi) is 4.58. The van der Waals surface area contributed by atoms with Gasteiger partial charge in [0.1, 0.15) is 0 Å². The molecule has 18 heavy (non-hydrogen) atoms. The van der Waals surface area contributed by atoms with Crippen LogP contribution in [0.4, 0.5) is 0 Å². The van der Waals surface area contributed by atoms with Crippen molar-refractivity contribution >= 4 is 23.2 Å². The zero-order chi connectivity index (χ0) is 13.2. The van der Waals surface area contributed by atoms with Crippen LogP contribution in [0.5, 0.6) is 0 Å². The Morgan fingerprint density at radius 1 is 1.22 bits per heavy atom. The fourth-order valence-corrected chi connectivity index (χ4v) is 3.24. The van der Waals surface area contributed by atoms with E-state index in [2.05, 4.69) is 6.92 Å². The van der Waals surface area contributed by atoms with E-state index in [1.807, 2.05) is 18.2 Å². The minimum atomic E-state index is -0.224. The fourth-order valence-electron chi connectivity index (χ4n) is 2.94. The molecule has 0 amide bonds. The normalized spacial score (nSPS) is 29.0. The van der Waals surface area contributed by atoms with Crippen LogP contribution in [0.3, 0.4) is 0 Å². The van der Waals surface area contributed by atoms with Crippen LogP contribution in [0.25, 0.3) is 0 Å². The molecule has 0 spiro atoms. The van der Waals surface area contributed by atoms with Gasteiger partial charge >= 0.3 is 0 Å². The summed E-state index contributed by atoms with van der Waals surface area (Å²) >= 11 is 12.1. The molecule has 100 valence electrons. The summed E-state index contributed by atoms with van der Waals surface area (Å²) in [6, 6.07) is 5.83. The molecule has 2 unspecified atom stereocenters. The van der Waals surface area contributed by atoms with E-state index in [4.69, 9.17) is 28.9 Å². The van der Waals surface area contributed by atoms with Crippen molar-refractivity contribution < 1.29 is 0 Å². The highest BCUT2D eigenvalue weighted by Gasteiger charge is 2.30. The minimum absolute atomic E-state index is 0.224. The van der Waals surface area contributed by atoms with Crippen LogP contribution in [-0.2, 0) is 5.54 Å². The van der Waals surface area contributed by atoms with Crippen LogP contribution in [0, 0.1) is 5.92 Å². The van der Waals surface area contributed by atoms with E-state index in [1.54, 1.807) is 0 Å². The van der Waals surface area contributed by atoms with Crippen LogP contribution < -0.4 is 5.73 Å². The predicted molar refractivity (Wildman–Crippen MR) is 79.2 cm³/mol. The zero-order valence-electron chi connectivity index (χ0n) is 10.9. The molecular formula is C15H21Cl2N. The van der Waals surface area contributed by atoms with Gasteiger partial charge in [-0.1, -0.05) is 55.5 Å². The van der Waals surface area contributed by atoms with Crippen molar-refractivity contribution in [2.24, 2.45) is 11.7 Å². The highest BCUT2D eigenvalue weighted by molar-refractivity contribution is 6.42. The maximum atomic E-state index is 6.61. The van der Waals surface area contributed by atoms with Crippen LogP contribution in [0.15, 0.2) is 18.2 Å². The van der Waals surface area contributed by atoms with Crippen molar-refractivity contribution in [3.05, 3.63) is 33.8 Å². The van der Waals surface area contributed by atoms with Gasteiger partial charge in [-0.05, 0) is 42.9 Å². The first-order valence-electron chi connectivity index (χ1n) is 6.79. The summed E-state index contributed by atoms with van der Waals surface area (Å²) in [5.41, 5.74) is 7.52. The maximum Gasteiger partial charge on any atom is 0.0595 e. The van der Waals surface area contributed by atoms with Crippen molar-refractivity contribution in [3.8, 4) is 0 Å². The number of hydrogen-bond donors (Lipinski definition) is 1. The molecular weight excluding hydrogens is 265 g/mol. The van der Waals surface area contributed by atoms with E-state index in [-0.39, 0.29) is 5.54 Å². The molecule has 2 rings (SSSR count). The maximum absolute atomic E-state index is 6.61. The average Bonchev–Trinajstić information content (AvgIpc) is 2.55. The molecule has 1 fully saturated rings. The largest absolute Gasteiger partial charge is 0.321 e. The average molecular weight is 286 g/mol. The first kappa shape index (κ1) is 14.2. The quantitative estimate of drug-likeness (QED) is 0.749. The highest BCUT2D eigenvalue weighted by Crippen LogP contribution is 2.38. The van der Waals surface area contributed by atoms with Gasteiger partial charge in [-0.15, -0.1) is 0 Å². The summed E-state index contributed by atoms with van der Waals surface area (Å²) < 4.78 is 0. The number of halogens is 2. The van der Waals surface area contributed by atoms with Crippen molar-refractivity contribution in [2.75, 3.05) is 0 Å². The molecule has 0 bridgehead atoms. The lowest BCUT2D eigenvalue weighted by atomic mass is 9.83. The van der Waals surface area contributed by atoms with Crippen LogP contribution >= 0.6 is 23.2 Å². The van der Waals surface area contributed by atoms with Gasteiger partial charge in [0.25, 0.3) is 0 Å². The van der Waals surface area contributed by atoms with Crippen LogP contribution in [0.2, 0.25) is 10.0 Å². The number of rotatable bonds is 2. The molecule has 0 aromatic heterocycles. The smallest absolute Gasteiger partial charge is 0.0595 e. The number of nitrogens with two attached hydrogens (primary N) is 1. The third-order valence-electron chi connectivity index (χ3n) is 4.31. The fraction of sp³-hybridized carbons (Fsp3) is 0.600. The number of benzene rings is 1. The Bertz CT molecular complexity index is 419. The molecule has 1 aliphatic rings. The van der Waals surface area contributed by atoms with E-state index in [1.165, 1.54) is 25.7 Å². The van der Waals surface area contributed by atoms with Gasteiger partial charge in [-0.3, -0.25) is 0 Å². The second kappa shape index (κ2) is 5.81. The summed E-state index contributed by atoms with van der Waals surface area (Å²) in [4.78, 5) is 0. The Morgan fingerprint density at radius 3 is 2.67 bits per heavy atom. The van der Waals surface area contributed by atoms with Gasteiger partial charge in [-0.2, -0.15) is 0 Å². The first-order chi connectivity index (χ1) is 8.55.